The van der Waals surface area contributed by atoms with Gasteiger partial charge in [-0.15, -0.1) is 0 Å². The molecule has 2 aromatic carbocycles. The highest BCUT2D eigenvalue weighted by atomic mass is 79.9. The van der Waals surface area contributed by atoms with Gasteiger partial charge in [-0.25, -0.2) is 9.18 Å². The molecule has 6 nitrogen and oxygen atoms in total. The molecule has 3 atom stereocenters. The standard InChI is InChI=1S/C23H25BrFNO5/c1-13-8-19(30-12-22(28)29)17(9-18(13)24)21-11-23(3,26-14(2)27)10-20(31-21)15-4-6-16(25)7-5-15/h4-9,20-21H,10-12H2,1-3H3,(H,26,27)(H,28,29)/t20-,21+,23+/m0/s1. The summed E-state index contributed by atoms with van der Waals surface area (Å²) in [5.41, 5.74) is 1.78. The number of halogens is 2. The first-order chi connectivity index (χ1) is 14.6. The Morgan fingerprint density at radius 3 is 2.52 bits per heavy atom. The Hall–Kier alpha value is -2.45. The van der Waals surface area contributed by atoms with Crippen LogP contribution >= 0.6 is 15.9 Å². The van der Waals surface area contributed by atoms with Gasteiger partial charge in [-0.2, -0.15) is 0 Å². The molecular formula is C23H25BrFNO5. The Labute approximate surface area is 188 Å². The van der Waals surface area contributed by atoms with E-state index in [0.29, 0.717) is 24.2 Å². The van der Waals surface area contributed by atoms with E-state index in [9.17, 15) is 14.0 Å². The van der Waals surface area contributed by atoms with Gasteiger partial charge in [-0.05, 0) is 49.2 Å². The van der Waals surface area contributed by atoms with Crippen molar-refractivity contribution >= 4 is 27.8 Å². The van der Waals surface area contributed by atoms with Crippen LogP contribution in [0.4, 0.5) is 4.39 Å². The van der Waals surface area contributed by atoms with Gasteiger partial charge in [-0.3, -0.25) is 4.79 Å². The van der Waals surface area contributed by atoms with Crippen LogP contribution in [0.3, 0.4) is 0 Å². The van der Waals surface area contributed by atoms with Gasteiger partial charge in [0.2, 0.25) is 5.91 Å². The minimum atomic E-state index is -1.08. The number of rotatable bonds is 6. The SMILES string of the molecule is CC(=O)N[C@]1(C)C[C@@H](c2ccc(F)cc2)O[C@@H](c2cc(Br)c(C)cc2OCC(=O)O)C1. The molecule has 0 saturated carbocycles. The second-order valence-electron chi connectivity index (χ2n) is 8.14. The maximum absolute atomic E-state index is 13.4. The number of nitrogens with one attached hydrogen (secondary N) is 1. The van der Waals surface area contributed by atoms with Gasteiger partial charge in [0.1, 0.15) is 11.6 Å². The van der Waals surface area contributed by atoms with Gasteiger partial charge in [0.05, 0.1) is 12.2 Å². The summed E-state index contributed by atoms with van der Waals surface area (Å²) in [5, 5.41) is 12.1. The minimum Gasteiger partial charge on any atom is -0.482 e. The first-order valence-corrected chi connectivity index (χ1v) is 10.7. The number of carbonyl (C=O) groups is 2. The van der Waals surface area contributed by atoms with Crippen molar-refractivity contribution in [2.75, 3.05) is 6.61 Å². The van der Waals surface area contributed by atoms with Crippen molar-refractivity contribution in [2.45, 2.75) is 51.4 Å². The number of carboxylic acid groups (broad SMARTS) is 1. The van der Waals surface area contributed by atoms with E-state index in [1.54, 1.807) is 18.2 Å². The minimum absolute atomic E-state index is 0.159. The molecule has 0 radical (unpaired) electrons. The fourth-order valence-electron chi connectivity index (χ4n) is 3.97. The van der Waals surface area contributed by atoms with Crippen LogP contribution in [0.25, 0.3) is 0 Å². The summed E-state index contributed by atoms with van der Waals surface area (Å²) in [6.45, 7) is 4.81. The molecule has 1 aliphatic rings. The lowest BCUT2D eigenvalue weighted by atomic mass is 9.81. The third kappa shape index (κ3) is 5.83. The first kappa shape index (κ1) is 23.2. The van der Waals surface area contributed by atoms with Crippen LogP contribution in [0.1, 0.15) is 55.6 Å². The zero-order chi connectivity index (χ0) is 22.8. The highest BCUT2D eigenvalue weighted by Gasteiger charge is 2.41. The van der Waals surface area contributed by atoms with E-state index in [1.807, 2.05) is 19.9 Å². The van der Waals surface area contributed by atoms with Gasteiger partial charge < -0.3 is 19.9 Å². The van der Waals surface area contributed by atoms with E-state index >= 15 is 0 Å². The zero-order valence-electron chi connectivity index (χ0n) is 17.6. The molecule has 1 amide bonds. The monoisotopic (exact) mass is 493 g/mol. The lowest BCUT2D eigenvalue weighted by Gasteiger charge is -2.43. The van der Waals surface area contributed by atoms with Crippen molar-refractivity contribution in [3.05, 3.63) is 63.4 Å². The second kappa shape index (κ2) is 9.36. The number of benzene rings is 2. The zero-order valence-corrected chi connectivity index (χ0v) is 19.2. The third-order valence-electron chi connectivity index (χ3n) is 5.31. The lowest BCUT2D eigenvalue weighted by Crippen LogP contribution is -2.50. The molecule has 31 heavy (non-hydrogen) atoms. The average Bonchev–Trinajstić information content (AvgIpc) is 2.67. The summed E-state index contributed by atoms with van der Waals surface area (Å²) in [6.07, 6.45) is 0.0842. The van der Waals surface area contributed by atoms with Gasteiger partial charge in [0.25, 0.3) is 0 Å². The molecule has 2 N–H and O–H groups in total. The second-order valence-corrected chi connectivity index (χ2v) is 8.99. The Bertz CT molecular complexity index is 981. The summed E-state index contributed by atoms with van der Waals surface area (Å²) < 4.78 is 26.2. The highest BCUT2D eigenvalue weighted by Crippen LogP contribution is 2.46. The third-order valence-corrected chi connectivity index (χ3v) is 6.16. The fraction of sp³-hybridized carbons (Fsp3) is 0.391. The normalized spacial score (nSPS) is 23.3. The number of hydrogen-bond acceptors (Lipinski definition) is 4. The van der Waals surface area contributed by atoms with Gasteiger partial charge >= 0.3 is 5.97 Å². The van der Waals surface area contributed by atoms with Gasteiger partial charge in [0, 0.05) is 35.3 Å². The van der Waals surface area contributed by atoms with E-state index in [2.05, 4.69) is 21.2 Å². The molecule has 1 heterocycles. The van der Waals surface area contributed by atoms with Crippen molar-refractivity contribution in [2.24, 2.45) is 0 Å². The van der Waals surface area contributed by atoms with E-state index in [-0.39, 0.29) is 11.7 Å². The molecule has 0 aromatic heterocycles. The van der Waals surface area contributed by atoms with Crippen LogP contribution in [-0.4, -0.2) is 29.1 Å². The van der Waals surface area contributed by atoms with Crippen LogP contribution in [0.2, 0.25) is 0 Å². The van der Waals surface area contributed by atoms with Crippen LogP contribution in [0.15, 0.2) is 40.9 Å². The molecule has 1 aliphatic heterocycles. The number of amides is 1. The lowest BCUT2D eigenvalue weighted by molar-refractivity contribution is -0.139. The summed E-state index contributed by atoms with van der Waals surface area (Å²) in [7, 11) is 0. The highest BCUT2D eigenvalue weighted by molar-refractivity contribution is 9.10. The van der Waals surface area contributed by atoms with Crippen LogP contribution in [0.5, 0.6) is 5.75 Å². The number of ether oxygens (including phenoxy) is 2. The quantitative estimate of drug-likeness (QED) is 0.600. The van der Waals surface area contributed by atoms with Crippen molar-refractivity contribution in [3.63, 3.8) is 0 Å². The van der Waals surface area contributed by atoms with Crippen molar-refractivity contribution in [1.82, 2.24) is 5.32 Å². The van der Waals surface area contributed by atoms with Crippen molar-refractivity contribution in [3.8, 4) is 5.75 Å². The number of aryl methyl sites for hydroxylation is 1. The molecule has 2 aromatic rings. The Balaban J connectivity index is 2.01. The molecule has 1 fully saturated rings. The topological polar surface area (TPSA) is 84.9 Å². The molecule has 3 rings (SSSR count). The predicted molar refractivity (Wildman–Crippen MR) is 116 cm³/mol. The average molecular weight is 494 g/mol. The number of aliphatic carboxylic acids is 1. The van der Waals surface area contributed by atoms with E-state index in [0.717, 1.165) is 15.6 Å². The Kier molecular flexibility index (Phi) is 7.01. The molecule has 0 spiro atoms. The molecule has 1 saturated heterocycles. The van der Waals surface area contributed by atoms with Gasteiger partial charge in [-0.1, -0.05) is 28.1 Å². The maximum Gasteiger partial charge on any atom is 0.341 e. The Morgan fingerprint density at radius 2 is 1.90 bits per heavy atom. The maximum atomic E-state index is 13.4. The number of carboxylic acids is 1. The molecule has 0 aliphatic carbocycles. The largest absolute Gasteiger partial charge is 0.482 e. The van der Waals surface area contributed by atoms with E-state index in [4.69, 9.17) is 14.6 Å². The summed E-state index contributed by atoms with van der Waals surface area (Å²) in [4.78, 5) is 22.9. The van der Waals surface area contributed by atoms with Crippen molar-refractivity contribution < 1.29 is 28.6 Å². The van der Waals surface area contributed by atoms with Crippen LogP contribution < -0.4 is 10.1 Å². The van der Waals surface area contributed by atoms with Crippen LogP contribution in [0, 0.1) is 12.7 Å². The molecular weight excluding hydrogens is 469 g/mol. The molecule has 8 heteroatoms. The van der Waals surface area contributed by atoms with Crippen molar-refractivity contribution in [1.29, 1.82) is 0 Å². The van der Waals surface area contributed by atoms with E-state index in [1.165, 1.54) is 19.1 Å². The predicted octanol–water partition coefficient (Wildman–Crippen LogP) is 4.85. The number of carbonyl (C=O) groups excluding carboxylic acids is 1. The first-order valence-electron chi connectivity index (χ1n) is 9.90. The molecule has 166 valence electrons. The summed E-state index contributed by atoms with van der Waals surface area (Å²) in [5.74, 6) is -1.16. The van der Waals surface area contributed by atoms with E-state index < -0.39 is 30.3 Å². The summed E-state index contributed by atoms with van der Waals surface area (Å²) >= 11 is 3.52. The van der Waals surface area contributed by atoms with Crippen LogP contribution in [-0.2, 0) is 14.3 Å². The fourth-order valence-corrected chi connectivity index (χ4v) is 4.33. The van der Waals surface area contributed by atoms with Gasteiger partial charge in [0.15, 0.2) is 6.61 Å². The number of hydrogen-bond donors (Lipinski definition) is 2. The molecule has 0 bridgehead atoms. The summed E-state index contributed by atoms with van der Waals surface area (Å²) in [6, 6.07) is 9.72. The Morgan fingerprint density at radius 1 is 1.26 bits per heavy atom. The molecule has 0 unspecified atom stereocenters. The smallest absolute Gasteiger partial charge is 0.341 e.